The van der Waals surface area contributed by atoms with Crippen LogP contribution < -0.4 is 0 Å². The molecule has 0 heterocycles. The highest BCUT2D eigenvalue weighted by Crippen LogP contribution is 2.15. The Balaban J connectivity index is 3.69. The number of halogens is 2. The highest BCUT2D eigenvalue weighted by Gasteiger charge is 2.14. The molecule has 0 saturated heterocycles. The number of allylic oxidation sites excluding steroid dienone is 4. The zero-order valence-corrected chi connectivity index (χ0v) is 25.9. The van der Waals surface area contributed by atoms with Gasteiger partial charge in [0, 0.05) is 38.8 Å². The minimum absolute atomic E-state index is 0.215. The van der Waals surface area contributed by atoms with Crippen LogP contribution in [0.15, 0.2) is 24.3 Å². The lowest BCUT2D eigenvalue weighted by molar-refractivity contribution is -0.232. The normalized spacial score (nSPS) is 13.7. The Morgan fingerprint density at radius 3 is 1.05 bits per heavy atom. The van der Waals surface area contributed by atoms with Crippen molar-refractivity contribution < 1.29 is 14.2 Å². The SMILES string of the molecule is COC(CC/C=C\CCCCCCCCCCCl)OC(CC/C=C\CCCCCCCCCCCl)OC. The predicted molar refractivity (Wildman–Crippen MR) is 164 cm³/mol. The average Bonchev–Trinajstić information content (AvgIpc) is 2.92. The van der Waals surface area contributed by atoms with Gasteiger partial charge in [0.1, 0.15) is 0 Å². The maximum Gasteiger partial charge on any atom is 0.160 e. The number of alkyl halides is 2. The summed E-state index contributed by atoms with van der Waals surface area (Å²) in [6.07, 6.45) is 35.8. The van der Waals surface area contributed by atoms with Crippen LogP contribution in [-0.4, -0.2) is 38.6 Å². The van der Waals surface area contributed by atoms with Crippen molar-refractivity contribution >= 4 is 23.2 Å². The van der Waals surface area contributed by atoms with Gasteiger partial charge < -0.3 is 14.2 Å². The van der Waals surface area contributed by atoms with Gasteiger partial charge in [-0.25, -0.2) is 0 Å². The summed E-state index contributed by atoms with van der Waals surface area (Å²) in [6, 6.07) is 0. The monoisotopic (exact) mass is 562 g/mol. The number of unbranched alkanes of at least 4 members (excludes halogenated alkanes) is 16. The molecule has 0 aliphatic carbocycles. The van der Waals surface area contributed by atoms with E-state index in [0.717, 1.165) is 37.4 Å². The Kier molecular flexibility index (Phi) is 32.1. The molecule has 0 spiro atoms. The van der Waals surface area contributed by atoms with E-state index in [4.69, 9.17) is 37.4 Å². The van der Waals surface area contributed by atoms with E-state index in [9.17, 15) is 0 Å². The van der Waals surface area contributed by atoms with Gasteiger partial charge in [0.2, 0.25) is 0 Å². The van der Waals surface area contributed by atoms with Crippen LogP contribution in [0, 0.1) is 0 Å². The topological polar surface area (TPSA) is 27.7 Å². The molecule has 3 nitrogen and oxygen atoms in total. The van der Waals surface area contributed by atoms with Gasteiger partial charge in [-0.3, -0.25) is 0 Å². The van der Waals surface area contributed by atoms with Gasteiger partial charge in [0.25, 0.3) is 0 Å². The second-order valence-electron chi connectivity index (χ2n) is 10.2. The van der Waals surface area contributed by atoms with Crippen molar-refractivity contribution in [3.63, 3.8) is 0 Å². The molecule has 0 aromatic heterocycles. The molecular formula is C32H60Cl2O3. The molecule has 0 fully saturated rings. The third-order valence-corrected chi connectivity index (χ3v) is 7.34. The molecular weight excluding hydrogens is 503 g/mol. The third-order valence-electron chi connectivity index (χ3n) is 6.81. The van der Waals surface area contributed by atoms with Crippen molar-refractivity contribution in [1.29, 1.82) is 0 Å². The summed E-state index contributed by atoms with van der Waals surface area (Å²) in [7, 11) is 3.44. The molecule has 0 N–H and O–H groups in total. The van der Waals surface area contributed by atoms with Crippen LogP contribution in [0.5, 0.6) is 0 Å². The van der Waals surface area contributed by atoms with Crippen molar-refractivity contribution in [2.75, 3.05) is 26.0 Å². The van der Waals surface area contributed by atoms with Crippen LogP contribution in [0.1, 0.15) is 141 Å². The highest BCUT2D eigenvalue weighted by molar-refractivity contribution is 6.18. The lowest BCUT2D eigenvalue weighted by Crippen LogP contribution is -2.25. The van der Waals surface area contributed by atoms with Crippen molar-refractivity contribution in [3.05, 3.63) is 24.3 Å². The summed E-state index contributed by atoms with van der Waals surface area (Å²) in [5.74, 6) is 1.62. The van der Waals surface area contributed by atoms with Crippen LogP contribution in [0.2, 0.25) is 0 Å². The minimum Gasteiger partial charge on any atom is -0.356 e. The molecule has 2 unspecified atom stereocenters. The second-order valence-corrected chi connectivity index (χ2v) is 10.9. The van der Waals surface area contributed by atoms with Crippen LogP contribution in [0.25, 0.3) is 0 Å². The molecule has 0 aliphatic heterocycles. The van der Waals surface area contributed by atoms with E-state index >= 15 is 0 Å². The van der Waals surface area contributed by atoms with E-state index in [1.54, 1.807) is 14.2 Å². The van der Waals surface area contributed by atoms with Crippen molar-refractivity contribution in [1.82, 2.24) is 0 Å². The Hall–Kier alpha value is -0.0600. The summed E-state index contributed by atoms with van der Waals surface area (Å²) in [5.41, 5.74) is 0. The highest BCUT2D eigenvalue weighted by atomic mass is 35.5. The van der Waals surface area contributed by atoms with Gasteiger partial charge in [0.05, 0.1) is 0 Å². The molecule has 37 heavy (non-hydrogen) atoms. The third kappa shape index (κ3) is 28.8. The van der Waals surface area contributed by atoms with Gasteiger partial charge in [-0.15, -0.1) is 23.2 Å². The van der Waals surface area contributed by atoms with Crippen molar-refractivity contribution in [2.24, 2.45) is 0 Å². The Morgan fingerprint density at radius 1 is 0.432 bits per heavy atom. The molecule has 0 aliphatic rings. The van der Waals surface area contributed by atoms with Gasteiger partial charge in [-0.1, -0.05) is 101 Å². The molecule has 5 heteroatoms. The largest absolute Gasteiger partial charge is 0.356 e. The number of hydrogen-bond acceptors (Lipinski definition) is 3. The van der Waals surface area contributed by atoms with E-state index in [0.29, 0.717) is 0 Å². The molecule has 2 atom stereocenters. The molecule has 0 aromatic rings. The standard InChI is InChI=1S/C32H60Cl2O3/c1-35-31(27-23-19-15-11-7-3-5-9-13-17-21-25-29-33)37-32(36-2)28-24-20-16-12-8-4-6-10-14-18-22-26-30-34/h15-16,19-20,31-32H,3-14,17-18,21-30H2,1-2H3/b19-15-,20-16-. The zero-order valence-electron chi connectivity index (χ0n) is 24.4. The predicted octanol–water partition coefficient (Wildman–Crippen LogP) is 11.1. The number of ether oxygens (including phenoxy) is 3. The molecule has 0 amide bonds. The van der Waals surface area contributed by atoms with Crippen LogP contribution in [-0.2, 0) is 14.2 Å². The molecule has 0 radical (unpaired) electrons. The van der Waals surface area contributed by atoms with Gasteiger partial charge in [0.15, 0.2) is 12.6 Å². The van der Waals surface area contributed by atoms with Crippen molar-refractivity contribution in [2.45, 2.75) is 154 Å². The first-order valence-corrected chi connectivity index (χ1v) is 16.5. The first-order valence-electron chi connectivity index (χ1n) is 15.4. The molecule has 220 valence electrons. The second kappa shape index (κ2) is 32.2. The van der Waals surface area contributed by atoms with Crippen molar-refractivity contribution in [3.8, 4) is 0 Å². The smallest absolute Gasteiger partial charge is 0.160 e. The van der Waals surface area contributed by atoms with E-state index in [1.165, 1.54) is 116 Å². The maximum atomic E-state index is 6.04. The van der Waals surface area contributed by atoms with Crippen LogP contribution >= 0.6 is 23.2 Å². The first kappa shape index (κ1) is 36.9. The van der Waals surface area contributed by atoms with Crippen LogP contribution in [0.4, 0.5) is 0 Å². The zero-order chi connectivity index (χ0) is 27.1. The summed E-state index contributed by atoms with van der Waals surface area (Å²) in [5, 5.41) is 0. The molecule has 0 bridgehead atoms. The van der Waals surface area contributed by atoms with E-state index in [2.05, 4.69) is 24.3 Å². The van der Waals surface area contributed by atoms with Gasteiger partial charge >= 0.3 is 0 Å². The van der Waals surface area contributed by atoms with E-state index in [-0.39, 0.29) is 12.6 Å². The fraction of sp³-hybridized carbons (Fsp3) is 0.875. The van der Waals surface area contributed by atoms with E-state index < -0.39 is 0 Å². The number of methoxy groups -OCH3 is 2. The fourth-order valence-electron chi connectivity index (χ4n) is 4.42. The summed E-state index contributed by atoms with van der Waals surface area (Å²) >= 11 is 11.4. The quantitative estimate of drug-likeness (QED) is 0.0376. The summed E-state index contributed by atoms with van der Waals surface area (Å²) in [6.45, 7) is 0. The Labute approximate surface area is 241 Å². The molecule has 0 saturated carbocycles. The summed E-state index contributed by atoms with van der Waals surface area (Å²) < 4.78 is 17.1. The Morgan fingerprint density at radius 2 is 0.730 bits per heavy atom. The van der Waals surface area contributed by atoms with E-state index in [1.807, 2.05) is 0 Å². The minimum atomic E-state index is -0.215. The lowest BCUT2D eigenvalue weighted by Gasteiger charge is -2.22. The number of hydrogen-bond donors (Lipinski definition) is 0. The number of rotatable bonds is 30. The Bertz CT molecular complexity index is 443. The lowest BCUT2D eigenvalue weighted by atomic mass is 10.1. The average molecular weight is 564 g/mol. The fourth-order valence-corrected chi connectivity index (χ4v) is 4.80. The van der Waals surface area contributed by atoms with Crippen LogP contribution in [0.3, 0.4) is 0 Å². The molecule has 0 rings (SSSR count). The summed E-state index contributed by atoms with van der Waals surface area (Å²) in [4.78, 5) is 0. The molecule has 0 aromatic carbocycles. The maximum absolute atomic E-state index is 6.04. The first-order chi connectivity index (χ1) is 18.3. The van der Waals surface area contributed by atoms with Gasteiger partial charge in [-0.2, -0.15) is 0 Å². The van der Waals surface area contributed by atoms with Gasteiger partial charge in [-0.05, 0) is 51.4 Å².